The average molecular weight is 267 g/mol. The van der Waals surface area contributed by atoms with Gasteiger partial charge in [0.15, 0.2) is 0 Å². The van der Waals surface area contributed by atoms with E-state index in [1.807, 2.05) is 42.5 Å². The predicted molar refractivity (Wildman–Crippen MR) is 73.0 cm³/mol. The van der Waals surface area contributed by atoms with Gasteiger partial charge in [0.05, 0.1) is 7.11 Å². The van der Waals surface area contributed by atoms with Crippen LogP contribution < -0.4 is 4.74 Å². The molecule has 88 valence electrons. The van der Waals surface area contributed by atoms with Crippen LogP contribution in [0.5, 0.6) is 5.75 Å². The Kier molecular flexibility index (Phi) is 3.93. The summed E-state index contributed by atoms with van der Waals surface area (Å²) in [5.41, 5.74) is 3.26. The van der Waals surface area contributed by atoms with E-state index in [0.717, 1.165) is 27.5 Å². The highest BCUT2D eigenvalue weighted by atomic mass is 35.5. The highest BCUT2D eigenvalue weighted by Crippen LogP contribution is 2.29. The van der Waals surface area contributed by atoms with Crippen molar-refractivity contribution in [2.24, 2.45) is 0 Å². The Bertz CT molecular complexity index is 506. The molecule has 0 saturated carbocycles. The summed E-state index contributed by atoms with van der Waals surface area (Å²) in [5, 5.41) is 0.731. The van der Waals surface area contributed by atoms with E-state index in [9.17, 15) is 0 Å². The van der Waals surface area contributed by atoms with Crippen molar-refractivity contribution >= 4 is 23.2 Å². The molecule has 2 aromatic carbocycles. The van der Waals surface area contributed by atoms with E-state index in [1.165, 1.54) is 0 Å². The number of rotatable bonds is 3. The van der Waals surface area contributed by atoms with Gasteiger partial charge in [-0.25, -0.2) is 0 Å². The van der Waals surface area contributed by atoms with Crippen LogP contribution in [0.3, 0.4) is 0 Å². The molecule has 0 amide bonds. The zero-order valence-electron chi connectivity index (χ0n) is 9.41. The molecule has 2 aromatic rings. The highest BCUT2D eigenvalue weighted by molar-refractivity contribution is 6.30. The number of alkyl halides is 1. The topological polar surface area (TPSA) is 9.23 Å². The third-order valence-corrected chi connectivity index (χ3v) is 3.15. The van der Waals surface area contributed by atoms with Gasteiger partial charge in [-0.2, -0.15) is 0 Å². The van der Waals surface area contributed by atoms with Crippen LogP contribution in [0.15, 0.2) is 42.5 Å². The summed E-state index contributed by atoms with van der Waals surface area (Å²) in [5.74, 6) is 1.27. The van der Waals surface area contributed by atoms with E-state index in [0.29, 0.717) is 5.88 Å². The van der Waals surface area contributed by atoms with Gasteiger partial charge in [0.1, 0.15) is 5.75 Å². The fraction of sp³-hybridized carbons (Fsp3) is 0.143. The van der Waals surface area contributed by atoms with Gasteiger partial charge in [-0.1, -0.05) is 29.8 Å². The van der Waals surface area contributed by atoms with Gasteiger partial charge in [0.25, 0.3) is 0 Å². The summed E-state index contributed by atoms with van der Waals surface area (Å²) in [6.45, 7) is 0. The minimum Gasteiger partial charge on any atom is -0.497 e. The van der Waals surface area contributed by atoms with Crippen molar-refractivity contribution in [3.63, 3.8) is 0 Å². The van der Waals surface area contributed by atoms with Crippen LogP contribution in [0, 0.1) is 0 Å². The smallest absolute Gasteiger partial charge is 0.119 e. The maximum Gasteiger partial charge on any atom is 0.119 e. The number of halogens is 2. The molecule has 1 nitrogen and oxygen atoms in total. The number of benzene rings is 2. The molecular formula is C14H12Cl2O. The Hall–Kier alpha value is -1.18. The van der Waals surface area contributed by atoms with Crippen molar-refractivity contribution in [2.75, 3.05) is 7.11 Å². The van der Waals surface area contributed by atoms with Crippen molar-refractivity contribution < 1.29 is 4.74 Å². The quantitative estimate of drug-likeness (QED) is 0.729. The number of hydrogen-bond acceptors (Lipinski definition) is 1. The molecule has 0 aliphatic carbocycles. The SMILES string of the molecule is COc1ccc(-c2ccc(Cl)cc2)c(CCl)c1. The van der Waals surface area contributed by atoms with Gasteiger partial charge in [0.2, 0.25) is 0 Å². The van der Waals surface area contributed by atoms with Crippen LogP contribution >= 0.6 is 23.2 Å². The van der Waals surface area contributed by atoms with Crippen molar-refractivity contribution in [1.29, 1.82) is 0 Å². The van der Waals surface area contributed by atoms with Gasteiger partial charge in [-0.3, -0.25) is 0 Å². The summed E-state index contributed by atoms with van der Waals surface area (Å²) in [6.07, 6.45) is 0. The Balaban J connectivity index is 2.47. The Labute approximate surface area is 111 Å². The van der Waals surface area contributed by atoms with Crippen molar-refractivity contribution in [3.05, 3.63) is 53.1 Å². The third-order valence-electron chi connectivity index (χ3n) is 2.61. The van der Waals surface area contributed by atoms with Crippen LogP contribution in [0.2, 0.25) is 5.02 Å². The summed E-state index contributed by atoms with van der Waals surface area (Å²) >= 11 is 11.8. The van der Waals surface area contributed by atoms with Crippen LogP contribution in [-0.4, -0.2) is 7.11 Å². The van der Waals surface area contributed by atoms with Gasteiger partial charge in [-0.15, -0.1) is 11.6 Å². The predicted octanol–water partition coefficient (Wildman–Crippen LogP) is 4.75. The Morgan fingerprint density at radius 3 is 2.35 bits per heavy atom. The normalized spacial score (nSPS) is 10.3. The van der Waals surface area contributed by atoms with Crippen LogP contribution in [0.4, 0.5) is 0 Å². The Morgan fingerprint density at radius 2 is 1.76 bits per heavy atom. The molecule has 0 heterocycles. The standard InChI is InChI=1S/C14H12Cl2O/c1-17-13-6-7-14(11(8-13)9-15)10-2-4-12(16)5-3-10/h2-8H,9H2,1H3. The first kappa shape index (κ1) is 12.3. The maximum absolute atomic E-state index is 5.96. The number of methoxy groups -OCH3 is 1. The molecule has 2 rings (SSSR count). The van der Waals surface area contributed by atoms with E-state index in [2.05, 4.69) is 0 Å². The van der Waals surface area contributed by atoms with E-state index in [4.69, 9.17) is 27.9 Å². The van der Waals surface area contributed by atoms with E-state index in [1.54, 1.807) is 7.11 Å². The molecule has 0 spiro atoms. The first-order valence-corrected chi connectivity index (χ1v) is 6.14. The zero-order valence-corrected chi connectivity index (χ0v) is 10.9. The van der Waals surface area contributed by atoms with Gasteiger partial charge < -0.3 is 4.74 Å². The monoisotopic (exact) mass is 266 g/mol. The molecule has 0 radical (unpaired) electrons. The lowest BCUT2D eigenvalue weighted by Gasteiger charge is -2.09. The lowest BCUT2D eigenvalue weighted by atomic mass is 10.0. The summed E-state index contributed by atoms with van der Waals surface area (Å²) in [6, 6.07) is 13.6. The molecule has 3 heteroatoms. The number of hydrogen-bond donors (Lipinski definition) is 0. The average Bonchev–Trinajstić information content (AvgIpc) is 2.39. The van der Waals surface area contributed by atoms with E-state index >= 15 is 0 Å². The zero-order chi connectivity index (χ0) is 12.3. The molecule has 0 saturated heterocycles. The second-order valence-corrected chi connectivity index (χ2v) is 4.37. The fourth-order valence-corrected chi connectivity index (χ4v) is 2.07. The van der Waals surface area contributed by atoms with Crippen LogP contribution in [0.1, 0.15) is 5.56 Å². The first-order chi connectivity index (χ1) is 8.24. The second kappa shape index (κ2) is 5.44. The minimum atomic E-state index is 0.454. The van der Waals surface area contributed by atoms with Crippen LogP contribution in [-0.2, 0) is 5.88 Å². The fourth-order valence-electron chi connectivity index (χ4n) is 1.72. The van der Waals surface area contributed by atoms with Crippen molar-refractivity contribution in [2.45, 2.75) is 5.88 Å². The summed E-state index contributed by atoms with van der Waals surface area (Å²) in [7, 11) is 1.65. The van der Waals surface area contributed by atoms with Crippen LogP contribution in [0.25, 0.3) is 11.1 Å². The first-order valence-electron chi connectivity index (χ1n) is 5.23. The van der Waals surface area contributed by atoms with E-state index < -0.39 is 0 Å². The molecular weight excluding hydrogens is 255 g/mol. The summed E-state index contributed by atoms with van der Waals surface area (Å²) in [4.78, 5) is 0. The summed E-state index contributed by atoms with van der Waals surface area (Å²) < 4.78 is 5.19. The minimum absolute atomic E-state index is 0.454. The molecule has 0 aliphatic rings. The molecule has 17 heavy (non-hydrogen) atoms. The Morgan fingerprint density at radius 1 is 1.06 bits per heavy atom. The maximum atomic E-state index is 5.96. The molecule has 0 bridgehead atoms. The molecule has 0 fully saturated rings. The lowest BCUT2D eigenvalue weighted by Crippen LogP contribution is -1.89. The number of ether oxygens (including phenoxy) is 1. The van der Waals surface area contributed by atoms with E-state index in [-0.39, 0.29) is 0 Å². The largest absolute Gasteiger partial charge is 0.497 e. The molecule has 0 atom stereocenters. The molecule has 0 N–H and O–H groups in total. The molecule has 0 aromatic heterocycles. The van der Waals surface area contributed by atoms with Gasteiger partial charge in [-0.05, 0) is 41.0 Å². The third kappa shape index (κ3) is 2.74. The van der Waals surface area contributed by atoms with Crippen molar-refractivity contribution in [1.82, 2.24) is 0 Å². The molecule has 0 unspecified atom stereocenters. The lowest BCUT2D eigenvalue weighted by molar-refractivity contribution is 0.414. The van der Waals surface area contributed by atoms with Gasteiger partial charge in [0, 0.05) is 10.9 Å². The second-order valence-electron chi connectivity index (χ2n) is 3.66. The molecule has 0 aliphatic heterocycles. The highest BCUT2D eigenvalue weighted by Gasteiger charge is 2.06. The van der Waals surface area contributed by atoms with Crippen molar-refractivity contribution in [3.8, 4) is 16.9 Å². The van der Waals surface area contributed by atoms with Gasteiger partial charge >= 0.3 is 0 Å².